The van der Waals surface area contributed by atoms with Gasteiger partial charge in [0.05, 0.1) is 0 Å². The van der Waals surface area contributed by atoms with E-state index in [9.17, 15) is 13.6 Å². The molecule has 0 spiro atoms. The van der Waals surface area contributed by atoms with E-state index >= 15 is 0 Å². The van der Waals surface area contributed by atoms with Crippen molar-refractivity contribution in [1.29, 1.82) is 0 Å². The number of rotatable bonds is 6. The Morgan fingerprint density at radius 1 is 1.48 bits per heavy atom. The van der Waals surface area contributed by atoms with Gasteiger partial charge in [0.15, 0.2) is 11.6 Å². The number of halogens is 2. The summed E-state index contributed by atoms with van der Waals surface area (Å²) in [6.07, 6.45) is 1.71. The Balaban J connectivity index is 2.03. The van der Waals surface area contributed by atoms with Gasteiger partial charge in [-0.25, -0.2) is 8.78 Å². The third kappa shape index (κ3) is 3.40. The maximum absolute atomic E-state index is 13.7. The van der Waals surface area contributed by atoms with Crippen molar-refractivity contribution in [2.24, 2.45) is 5.92 Å². The van der Waals surface area contributed by atoms with Crippen LogP contribution in [0.1, 0.15) is 44.6 Å². The number of aliphatic hydroxyl groups is 1. The molecule has 1 saturated carbocycles. The van der Waals surface area contributed by atoms with Gasteiger partial charge in [-0.3, -0.25) is 4.79 Å². The van der Waals surface area contributed by atoms with E-state index in [-0.39, 0.29) is 29.9 Å². The van der Waals surface area contributed by atoms with E-state index in [1.54, 1.807) is 0 Å². The Bertz CT molecular complexity index is 535. The van der Waals surface area contributed by atoms with Crippen LogP contribution in [0.15, 0.2) is 18.2 Å². The van der Waals surface area contributed by atoms with E-state index in [0.717, 1.165) is 6.07 Å². The fraction of sp³-hybridized carbons (Fsp3) is 0.562. The molecule has 1 aromatic rings. The molecular formula is C16H21F2NO2. The second-order valence-electron chi connectivity index (χ2n) is 5.97. The van der Waals surface area contributed by atoms with Crippen LogP contribution < -0.4 is 5.32 Å². The van der Waals surface area contributed by atoms with Crippen LogP contribution in [-0.4, -0.2) is 23.2 Å². The summed E-state index contributed by atoms with van der Waals surface area (Å²) < 4.78 is 26.9. The average molecular weight is 297 g/mol. The van der Waals surface area contributed by atoms with E-state index in [1.165, 1.54) is 12.1 Å². The van der Waals surface area contributed by atoms with E-state index < -0.39 is 17.2 Å². The largest absolute Gasteiger partial charge is 0.396 e. The van der Waals surface area contributed by atoms with E-state index in [1.807, 2.05) is 13.8 Å². The third-order valence-electron chi connectivity index (χ3n) is 4.38. The molecule has 0 saturated heterocycles. The van der Waals surface area contributed by atoms with E-state index in [4.69, 9.17) is 5.11 Å². The van der Waals surface area contributed by atoms with Crippen LogP contribution in [0.4, 0.5) is 8.78 Å². The van der Waals surface area contributed by atoms with Crippen molar-refractivity contribution in [3.8, 4) is 0 Å². The minimum absolute atomic E-state index is 0.00274. The molecule has 0 aromatic heterocycles. The van der Waals surface area contributed by atoms with Crippen molar-refractivity contribution in [3.63, 3.8) is 0 Å². The highest BCUT2D eigenvalue weighted by atomic mass is 19.2. The summed E-state index contributed by atoms with van der Waals surface area (Å²) in [6.45, 7) is 3.81. The topological polar surface area (TPSA) is 49.3 Å². The molecule has 21 heavy (non-hydrogen) atoms. The predicted octanol–water partition coefficient (Wildman–Crippen LogP) is 2.74. The fourth-order valence-electron chi connectivity index (χ4n) is 2.60. The molecular weight excluding hydrogens is 276 g/mol. The minimum atomic E-state index is -0.878. The molecule has 2 rings (SSSR count). The summed E-state index contributed by atoms with van der Waals surface area (Å²) in [5, 5.41) is 12.0. The molecule has 1 amide bonds. The first-order valence-electron chi connectivity index (χ1n) is 7.28. The highest BCUT2D eigenvalue weighted by molar-refractivity contribution is 5.83. The average Bonchev–Trinajstić information content (AvgIpc) is 3.22. The molecule has 3 nitrogen and oxygen atoms in total. The van der Waals surface area contributed by atoms with Crippen molar-refractivity contribution in [2.75, 3.05) is 6.61 Å². The van der Waals surface area contributed by atoms with Crippen molar-refractivity contribution >= 4 is 5.91 Å². The number of hydrogen-bond acceptors (Lipinski definition) is 2. The summed E-state index contributed by atoms with van der Waals surface area (Å²) in [4.78, 5) is 12.2. The molecule has 116 valence electrons. The van der Waals surface area contributed by atoms with Gasteiger partial charge in [0, 0.05) is 18.1 Å². The normalized spacial score (nSPS) is 23.5. The quantitative estimate of drug-likeness (QED) is 0.848. The van der Waals surface area contributed by atoms with Gasteiger partial charge in [-0.2, -0.15) is 0 Å². The SMILES string of the molecule is CCC(C)(CCO)NC(=O)C1CC1c1cccc(F)c1F. The van der Waals surface area contributed by atoms with Gasteiger partial charge >= 0.3 is 0 Å². The van der Waals surface area contributed by atoms with Gasteiger partial charge in [0.1, 0.15) is 0 Å². The number of amides is 1. The lowest BCUT2D eigenvalue weighted by atomic mass is 9.94. The fourth-order valence-corrected chi connectivity index (χ4v) is 2.60. The standard InChI is InChI=1S/C16H21F2NO2/c1-3-16(2,7-8-20)19-15(21)12-9-11(12)10-5-4-6-13(17)14(10)18/h4-6,11-12,20H,3,7-9H2,1-2H3,(H,19,21). The van der Waals surface area contributed by atoms with Crippen molar-refractivity contribution in [2.45, 2.75) is 44.6 Å². The third-order valence-corrected chi connectivity index (χ3v) is 4.38. The lowest BCUT2D eigenvalue weighted by Crippen LogP contribution is -2.47. The zero-order chi connectivity index (χ0) is 15.6. The van der Waals surface area contributed by atoms with Gasteiger partial charge in [-0.15, -0.1) is 0 Å². The smallest absolute Gasteiger partial charge is 0.224 e. The predicted molar refractivity (Wildman–Crippen MR) is 75.7 cm³/mol. The van der Waals surface area contributed by atoms with Crippen LogP contribution in [0.2, 0.25) is 0 Å². The Morgan fingerprint density at radius 2 is 2.19 bits per heavy atom. The zero-order valence-corrected chi connectivity index (χ0v) is 12.3. The first kappa shape index (κ1) is 15.9. The number of aliphatic hydroxyl groups excluding tert-OH is 1. The highest BCUT2D eigenvalue weighted by Crippen LogP contribution is 2.48. The monoisotopic (exact) mass is 297 g/mol. The molecule has 0 aliphatic heterocycles. The van der Waals surface area contributed by atoms with Crippen LogP contribution >= 0.6 is 0 Å². The summed E-state index contributed by atoms with van der Waals surface area (Å²) in [5.41, 5.74) is -0.185. The van der Waals surface area contributed by atoms with Crippen LogP contribution in [0.25, 0.3) is 0 Å². The minimum Gasteiger partial charge on any atom is -0.396 e. The Hall–Kier alpha value is -1.49. The molecule has 0 bridgehead atoms. The van der Waals surface area contributed by atoms with Crippen molar-refractivity contribution in [3.05, 3.63) is 35.4 Å². The van der Waals surface area contributed by atoms with Gasteiger partial charge in [-0.05, 0) is 43.7 Å². The first-order chi connectivity index (χ1) is 9.91. The number of carbonyl (C=O) groups excluding carboxylic acids is 1. The number of benzene rings is 1. The summed E-state index contributed by atoms with van der Waals surface area (Å²) >= 11 is 0. The number of hydrogen-bond donors (Lipinski definition) is 2. The second kappa shape index (κ2) is 6.10. The molecule has 3 atom stereocenters. The summed E-state index contributed by atoms with van der Waals surface area (Å²) in [7, 11) is 0. The van der Waals surface area contributed by atoms with Gasteiger partial charge in [-0.1, -0.05) is 19.1 Å². The Kier molecular flexibility index (Phi) is 4.61. The van der Waals surface area contributed by atoms with E-state index in [0.29, 0.717) is 19.3 Å². The van der Waals surface area contributed by atoms with Gasteiger partial charge in [0.2, 0.25) is 5.91 Å². The molecule has 1 fully saturated rings. The molecule has 1 aliphatic rings. The zero-order valence-electron chi connectivity index (χ0n) is 12.3. The maximum atomic E-state index is 13.7. The molecule has 5 heteroatoms. The number of nitrogens with one attached hydrogen (secondary N) is 1. The Labute approximate surface area is 123 Å². The molecule has 1 aromatic carbocycles. The number of carbonyl (C=O) groups is 1. The van der Waals surface area contributed by atoms with Crippen LogP contribution in [0.5, 0.6) is 0 Å². The maximum Gasteiger partial charge on any atom is 0.224 e. The molecule has 0 radical (unpaired) electrons. The van der Waals surface area contributed by atoms with Crippen LogP contribution in [0.3, 0.4) is 0 Å². The van der Waals surface area contributed by atoms with E-state index in [2.05, 4.69) is 5.32 Å². The molecule has 0 heterocycles. The van der Waals surface area contributed by atoms with Gasteiger partial charge in [0.25, 0.3) is 0 Å². The van der Waals surface area contributed by atoms with Crippen molar-refractivity contribution < 1.29 is 18.7 Å². The molecule has 3 unspecified atom stereocenters. The molecule has 1 aliphatic carbocycles. The first-order valence-corrected chi connectivity index (χ1v) is 7.28. The summed E-state index contributed by atoms with van der Waals surface area (Å²) in [6, 6.07) is 4.07. The molecule has 2 N–H and O–H groups in total. The van der Waals surface area contributed by atoms with Gasteiger partial charge < -0.3 is 10.4 Å². The summed E-state index contributed by atoms with van der Waals surface area (Å²) in [5.74, 6) is -2.45. The van der Waals surface area contributed by atoms with Crippen LogP contribution in [0, 0.1) is 17.6 Å². The second-order valence-corrected chi connectivity index (χ2v) is 5.97. The van der Waals surface area contributed by atoms with Crippen molar-refractivity contribution in [1.82, 2.24) is 5.32 Å². The highest BCUT2D eigenvalue weighted by Gasteiger charge is 2.46. The Morgan fingerprint density at radius 3 is 2.81 bits per heavy atom. The lowest BCUT2D eigenvalue weighted by Gasteiger charge is -2.29. The lowest BCUT2D eigenvalue weighted by molar-refractivity contribution is -0.124. The van der Waals surface area contributed by atoms with Crippen LogP contribution in [-0.2, 0) is 4.79 Å².